The zero-order valence-electron chi connectivity index (χ0n) is 19.1. The smallest absolute Gasteiger partial charge is 0.275 e. The molecule has 6 rings (SSSR count). The van der Waals surface area contributed by atoms with Crippen molar-refractivity contribution in [2.45, 2.75) is 44.2 Å². The number of fused-ring (bicyclic) bond motifs is 2. The van der Waals surface area contributed by atoms with Crippen LogP contribution in [0.25, 0.3) is 11.3 Å². The Bertz CT molecular complexity index is 1110. The predicted octanol–water partition coefficient (Wildman–Crippen LogP) is 4.57. The first-order chi connectivity index (χ1) is 16.3. The minimum absolute atomic E-state index is 0.0678. The van der Waals surface area contributed by atoms with Crippen LogP contribution in [0.2, 0.25) is 0 Å². The fourth-order valence-electron chi connectivity index (χ4n) is 6.44. The average Bonchev–Trinajstić information content (AvgIpc) is 3.61. The fourth-order valence-corrected chi connectivity index (χ4v) is 6.44. The molecule has 5 heteroatoms. The lowest BCUT2D eigenvalue weighted by Crippen LogP contribution is -2.54. The molecule has 1 amide bonds. The van der Waals surface area contributed by atoms with Crippen LogP contribution >= 0.6 is 0 Å². The van der Waals surface area contributed by atoms with E-state index in [1.54, 1.807) is 0 Å². The molecule has 170 valence electrons. The van der Waals surface area contributed by atoms with Crippen molar-refractivity contribution in [3.8, 4) is 11.3 Å². The van der Waals surface area contributed by atoms with Crippen LogP contribution in [0.5, 0.6) is 0 Å². The molecule has 1 N–H and O–H groups in total. The molecule has 5 nitrogen and oxygen atoms in total. The molecule has 3 unspecified atom stereocenters. The number of aromatic nitrogens is 2. The SMILES string of the molecule is O=C(c1ncn(C2CC3CCC2C3)c1-c1ccccc1)N1CCNC[C@H]1Cc1ccccc1. The number of hydrogen-bond donors (Lipinski definition) is 1. The van der Waals surface area contributed by atoms with Crippen molar-refractivity contribution >= 4 is 5.91 Å². The minimum Gasteiger partial charge on any atom is -0.331 e. The van der Waals surface area contributed by atoms with Gasteiger partial charge in [0.1, 0.15) is 0 Å². The number of benzene rings is 2. The zero-order chi connectivity index (χ0) is 22.2. The molecule has 0 radical (unpaired) electrons. The van der Waals surface area contributed by atoms with E-state index in [-0.39, 0.29) is 11.9 Å². The molecular formula is C28H32N4O. The summed E-state index contributed by atoms with van der Waals surface area (Å²) in [5.41, 5.74) is 3.98. The third kappa shape index (κ3) is 3.89. The number of carbonyl (C=O) groups is 1. The van der Waals surface area contributed by atoms with Gasteiger partial charge in [0, 0.05) is 37.3 Å². The van der Waals surface area contributed by atoms with Gasteiger partial charge in [-0.3, -0.25) is 4.79 Å². The van der Waals surface area contributed by atoms with Crippen molar-refractivity contribution in [3.05, 3.63) is 78.2 Å². The van der Waals surface area contributed by atoms with E-state index in [0.717, 1.165) is 42.6 Å². The molecule has 2 bridgehead atoms. The Morgan fingerprint density at radius 1 is 1.00 bits per heavy atom. The van der Waals surface area contributed by atoms with Gasteiger partial charge in [0.2, 0.25) is 0 Å². The molecule has 2 aliphatic carbocycles. The van der Waals surface area contributed by atoms with E-state index < -0.39 is 0 Å². The highest BCUT2D eigenvalue weighted by Crippen LogP contribution is 2.51. The van der Waals surface area contributed by atoms with Crippen LogP contribution in [-0.4, -0.2) is 46.0 Å². The van der Waals surface area contributed by atoms with Crippen LogP contribution in [0.3, 0.4) is 0 Å². The number of piperazine rings is 1. The number of amides is 1. The standard InChI is InChI=1S/C28H32N4O/c33-28(31-14-13-29-18-24(31)16-20-7-3-1-4-8-20)26-27(22-9-5-2-6-10-22)32(19-30-26)25-17-21-11-12-23(25)15-21/h1-10,19,21,23-25,29H,11-18H2/t21?,23?,24-,25?/m1/s1. The van der Waals surface area contributed by atoms with E-state index in [1.807, 2.05) is 18.5 Å². The fraction of sp³-hybridized carbons (Fsp3) is 0.429. The van der Waals surface area contributed by atoms with Crippen molar-refractivity contribution in [2.24, 2.45) is 11.8 Å². The number of hydrogen-bond acceptors (Lipinski definition) is 3. The maximum absolute atomic E-state index is 14.0. The largest absolute Gasteiger partial charge is 0.331 e. The Labute approximate surface area is 195 Å². The summed E-state index contributed by atoms with van der Waals surface area (Å²) in [6.07, 6.45) is 8.03. The average molecular weight is 441 g/mol. The zero-order valence-corrected chi connectivity index (χ0v) is 19.1. The summed E-state index contributed by atoms with van der Waals surface area (Å²) in [6, 6.07) is 21.5. The molecule has 3 aliphatic rings. The lowest BCUT2D eigenvalue weighted by atomic mass is 9.94. The summed E-state index contributed by atoms with van der Waals surface area (Å²) in [5, 5.41) is 3.49. The van der Waals surface area contributed by atoms with Gasteiger partial charge in [0.15, 0.2) is 5.69 Å². The number of nitrogens with one attached hydrogen (secondary N) is 1. The van der Waals surface area contributed by atoms with Crippen LogP contribution in [0, 0.1) is 11.8 Å². The highest BCUT2D eigenvalue weighted by atomic mass is 16.2. The predicted molar refractivity (Wildman–Crippen MR) is 130 cm³/mol. The third-order valence-electron chi connectivity index (χ3n) is 8.03. The quantitative estimate of drug-likeness (QED) is 0.632. The Hall–Kier alpha value is -2.92. The summed E-state index contributed by atoms with van der Waals surface area (Å²) >= 11 is 0. The molecule has 4 atom stereocenters. The van der Waals surface area contributed by atoms with Gasteiger partial charge in [-0.2, -0.15) is 0 Å². The second-order valence-electron chi connectivity index (χ2n) is 10.0. The van der Waals surface area contributed by atoms with Gasteiger partial charge in [-0.25, -0.2) is 4.98 Å². The van der Waals surface area contributed by atoms with Gasteiger partial charge in [0.05, 0.1) is 12.0 Å². The van der Waals surface area contributed by atoms with E-state index in [2.05, 4.69) is 63.3 Å². The van der Waals surface area contributed by atoms with Crippen molar-refractivity contribution < 1.29 is 4.79 Å². The van der Waals surface area contributed by atoms with Gasteiger partial charge >= 0.3 is 0 Å². The van der Waals surface area contributed by atoms with Gasteiger partial charge in [-0.05, 0) is 43.1 Å². The molecular weight excluding hydrogens is 408 g/mol. The summed E-state index contributed by atoms with van der Waals surface area (Å²) in [5.74, 6) is 1.63. The molecule has 2 aromatic carbocycles. The van der Waals surface area contributed by atoms with Crippen LogP contribution in [0.4, 0.5) is 0 Å². The van der Waals surface area contributed by atoms with Crippen molar-refractivity contribution in [2.75, 3.05) is 19.6 Å². The highest BCUT2D eigenvalue weighted by Gasteiger charge is 2.42. The first kappa shape index (κ1) is 20.7. The monoisotopic (exact) mass is 440 g/mol. The number of imidazole rings is 1. The highest BCUT2D eigenvalue weighted by molar-refractivity contribution is 5.98. The second-order valence-corrected chi connectivity index (χ2v) is 10.0. The van der Waals surface area contributed by atoms with Gasteiger partial charge in [-0.1, -0.05) is 67.1 Å². The van der Waals surface area contributed by atoms with Gasteiger partial charge < -0.3 is 14.8 Å². The molecule has 2 saturated carbocycles. The van der Waals surface area contributed by atoms with Crippen LogP contribution in [0.15, 0.2) is 67.0 Å². The summed E-state index contributed by atoms with van der Waals surface area (Å²) in [7, 11) is 0. The number of carbonyl (C=O) groups excluding carboxylic acids is 1. The lowest BCUT2D eigenvalue weighted by molar-refractivity contribution is 0.0631. The van der Waals surface area contributed by atoms with E-state index >= 15 is 0 Å². The lowest BCUT2D eigenvalue weighted by Gasteiger charge is -2.36. The Balaban J connectivity index is 1.35. The Morgan fingerprint density at radius 3 is 2.52 bits per heavy atom. The topological polar surface area (TPSA) is 50.2 Å². The Kier molecular flexibility index (Phi) is 5.50. The molecule has 33 heavy (non-hydrogen) atoms. The second kappa shape index (κ2) is 8.79. The minimum atomic E-state index is 0.0678. The summed E-state index contributed by atoms with van der Waals surface area (Å²) < 4.78 is 2.35. The maximum Gasteiger partial charge on any atom is 0.275 e. The molecule has 3 fully saturated rings. The molecule has 1 aliphatic heterocycles. The first-order valence-electron chi connectivity index (χ1n) is 12.5. The third-order valence-corrected chi connectivity index (χ3v) is 8.03. The molecule has 3 aromatic rings. The van der Waals surface area contributed by atoms with Gasteiger partial charge in [-0.15, -0.1) is 0 Å². The molecule has 1 aromatic heterocycles. The normalized spacial score (nSPS) is 26.6. The van der Waals surface area contributed by atoms with Crippen LogP contribution in [-0.2, 0) is 6.42 Å². The summed E-state index contributed by atoms with van der Waals surface area (Å²) in [4.78, 5) is 20.9. The van der Waals surface area contributed by atoms with Gasteiger partial charge in [0.25, 0.3) is 5.91 Å². The van der Waals surface area contributed by atoms with E-state index in [4.69, 9.17) is 4.98 Å². The van der Waals surface area contributed by atoms with Crippen LogP contribution in [0.1, 0.15) is 47.8 Å². The number of rotatable bonds is 5. The van der Waals surface area contributed by atoms with E-state index in [0.29, 0.717) is 18.3 Å². The van der Waals surface area contributed by atoms with E-state index in [1.165, 1.54) is 31.2 Å². The molecule has 2 heterocycles. The van der Waals surface area contributed by atoms with E-state index in [9.17, 15) is 4.79 Å². The Morgan fingerprint density at radius 2 is 1.79 bits per heavy atom. The van der Waals surface area contributed by atoms with Crippen molar-refractivity contribution in [1.29, 1.82) is 0 Å². The van der Waals surface area contributed by atoms with Crippen molar-refractivity contribution in [3.63, 3.8) is 0 Å². The number of nitrogens with zero attached hydrogens (tertiary/aromatic N) is 3. The maximum atomic E-state index is 14.0. The van der Waals surface area contributed by atoms with Crippen LogP contribution < -0.4 is 5.32 Å². The first-order valence-corrected chi connectivity index (χ1v) is 12.5. The molecule has 0 spiro atoms. The molecule has 1 saturated heterocycles. The van der Waals surface area contributed by atoms with Crippen molar-refractivity contribution in [1.82, 2.24) is 19.8 Å². The summed E-state index contributed by atoms with van der Waals surface area (Å²) in [6.45, 7) is 2.35.